The fraction of sp³-hybridized carbons (Fsp3) is 0.733. The van der Waals surface area contributed by atoms with Crippen LogP contribution in [0.2, 0.25) is 0 Å². The van der Waals surface area contributed by atoms with Crippen LogP contribution in [0, 0.1) is 0 Å². The number of fused-ring (bicyclic) bond motifs is 1. The first-order chi connectivity index (χ1) is 10.1. The number of hydrogen-bond donors (Lipinski definition) is 2. The van der Waals surface area contributed by atoms with Gasteiger partial charge in [-0.1, -0.05) is 13.8 Å². The molecule has 116 valence electrons. The van der Waals surface area contributed by atoms with Crippen LogP contribution in [0.25, 0.3) is 0 Å². The third-order valence-electron chi connectivity index (χ3n) is 4.25. The van der Waals surface area contributed by atoms with Gasteiger partial charge in [0.2, 0.25) is 0 Å². The predicted molar refractivity (Wildman–Crippen MR) is 83.4 cm³/mol. The second-order valence-electron chi connectivity index (χ2n) is 6.32. The van der Waals surface area contributed by atoms with Gasteiger partial charge in [0.1, 0.15) is 17.5 Å². The summed E-state index contributed by atoms with van der Waals surface area (Å²) < 4.78 is 5.94. The Morgan fingerprint density at radius 2 is 2.33 bits per heavy atom. The highest BCUT2D eigenvalue weighted by molar-refractivity contribution is 5.45. The molecule has 0 bridgehead atoms. The number of nitrogens with zero attached hydrogens (tertiary/aromatic N) is 3. The molecule has 2 aliphatic heterocycles. The van der Waals surface area contributed by atoms with Crippen LogP contribution in [-0.2, 0) is 4.74 Å². The number of hydrogen-bond acceptors (Lipinski definition) is 6. The minimum atomic E-state index is 0.220. The van der Waals surface area contributed by atoms with Crippen molar-refractivity contribution in [2.45, 2.75) is 44.8 Å². The first kappa shape index (κ1) is 14.5. The summed E-state index contributed by atoms with van der Waals surface area (Å²) in [5.74, 6) is 2.35. The van der Waals surface area contributed by atoms with Gasteiger partial charge in [-0.2, -0.15) is 0 Å². The topological polar surface area (TPSA) is 76.3 Å². The van der Waals surface area contributed by atoms with Crippen LogP contribution in [0.4, 0.5) is 11.6 Å². The average Bonchev–Trinajstić information content (AvgIpc) is 2.92. The van der Waals surface area contributed by atoms with Crippen LogP contribution < -0.4 is 11.1 Å². The van der Waals surface area contributed by atoms with Crippen molar-refractivity contribution in [1.29, 1.82) is 0 Å². The Labute approximate surface area is 126 Å². The van der Waals surface area contributed by atoms with Gasteiger partial charge in [0.25, 0.3) is 0 Å². The predicted octanol–water partition coefficient (Wildman–Crippen LogP) is 1.46. The number of nitrogens with two attached hydrogens (primary N) is 1. The number of aromatic nitrogens is 2. The summed E-state index contributed by atoms with van der Waals surface area (Å²) in [5.41, 5.74) is 5.85. The van der Waals surface area contributed by atoms with Crippen LogP contribution in [0.5, 0.6) is 0 Å². The molecule has 3 rings (SSSR count). The second-order valence-corrected chi connectivity index (χ2v) is 6.32. The van der Waals surface area contributed by atoms with Gasteiger partial charge in [0, 0.05) is 31.1 Å². The van der Waals surface area contributed by atoms with E-state index in [1.807, 2.05) is 0 Å². The largest absolute Gasteiger partial charge is 0.384 e. The molecule has 2 fully saturated rings. The van der Waals surface area contributed by atoms with E-state index < -0.39 is 0 Å². The number of anilines is 2. The third kappa shape index (κ3) is 3.44. The Balaban J connectivity index is 1.57. The lowest BCUT2D eigenvalue weighted by molar-refractivity contribution is -0.0416. The number of rotatable bonds is 4. The van der Waals surface area contributed by atoms with Crippen LogP contribution in [0.1, 0.15) is 38.4 Å². The van der Waals surface area contributed by atoms with Crippen LogP contribution in [0.3, 0.4) is 0 Å². The lowest BCUT2D eigenvalue weighted by atomic mass is 10.2. The molecule has 2 atom stereocenters. The molecule has 2 saturated heterocycles. The van der Waals surface area contributed by atoms with E-state index >= 15 is 0 Å². The van der Waals surface area contributed by atoms with Crippen molar-refractivity contribution < 1.29 is 4.74 Å². The summed E-state index contributed by atoms with van der Waals surface area (Å²) in [6.07, 6.45) is 2.80. The van der Waals surface area contributed by atoms with Crippen molar-refractivity contribution >= 4 is 11.6 Å². The molecule has 0 amide bonds. The van der Waals surface area contributed by atoms with E-state index in [1.54, 1.807) is 6.07 Å². The summed E-state index contributed by atoms with van der Waals surface area (Å²) in [5, 5.41) is 3.35. The Morgan fingerprint density at radius 1 is 1.48 bits per heavy atom. The summed E-state index contributed by atoms with van der Waals surface area (Å²) >= 11 is 0. The van der Waals surface area contributed by atoms with Crippen molar-refractivity contribution in [2.75, 3.05) is 37.3 Å². The van der Waals surface area contributed by atoms with E-state index in [2.05, 4.69) is 34.0 Å². The Hall–Kier alpha value is -1.40. The number of nitrogen functional groups attached to an aromatic ring is 1. The third-order valence-corrected chi connectivity index (χ3v) is 4.25. The standard InChI is InChI=1S/C15H25N5O/c1-10(2)15-18-13(16)6-14(19-15)17-7-12-8-20-5-3-4-11(20)9-21-12/h6,10-12H,3-5,7-9H2,1-2H3,(H3,16,17,18,19). The van der Waals surface area contributed by atoms with Crippen molar-refractivity contribution in [3.63, 3.8) is 0 Å². The molecular formula is C15H25N5O. The molecule has 6 nitrogen and oxygen atoms in total. The van der Waals surface area contributed by atoms with Gasteiger partial charge in [-0.05, 0) is 19.4 Å². The van der Waals surface area contributed by atoms with E-state index in [0.717, 1.165) is 31.3 Å². The zero-order valence-electron chi connectivity index (χ0n) is 12.9. The maximum absolute atomic E-state index is 5.94. The van der Waals surface area contributed by atoms with Gasteiger partial charge in [-0.25, -0.2) is 9.97 Å². The van der Waals surface area contributed by atoms with Gasteiger partial charge in [0.05, 0.1) is 12.7 Å². The monoisotopic (exact) mass is 291 g/mol. The Bertz CT molecular complexity index is 493. The minimum absolute atomic E-state index is 0.220. The van der Waals surface area contributed by atoms with Crippen molar-refractivity contribution in [1.82, 2.24) is 14.9 Å². The number of morpholine rings is 1. The fourth-order valence-corrected chi connectivity index (χ4v) is 3.06. The van der Waals surface area contributed by atoms with Gasteiger partial charge < -0.3 is 15.8 Å². The SMILES string of the molecule is CC(C)c1nc(N)cc(NCC2CN3CCCC3CO2)n1. The molecule has 3 N–H and O–H groups in total. The number of nitrogens with one attached hydrogen (secondary N) is 1. The zero-order chi connectivity index (χ0) is 14.8. The first-order valence-electron chi connectivity index (χ1n) is 7.86. The summed E-state index contributed by atoms with van der Waals surface area (Å²) in [6.45, 7) is 7.97. The molecular weight excluding hydrogens is 266 g/mol. The van der Waals surface area contributed by atoms with Crippen LogP contribution >= 0.6 is 0 Å². The van der Waals surface area contributed by atoms with Gasteiger partial charge in [0.15, 0.2) is 0 Å². The van der Waals surface area contributed by atoms with E-state index in [0.29, 0.717) is 11.9 Å². The zero-order valence-corrected chi connectivity index (χ0v) is 12.9. The number of ether oxygens (including phenoxy) is 1. The lowest BCUT2D eigenvalue weighted by Crippen LogP contribution is -2.48. The lowest BCUT2D eigenvalue weighted by Gasteiger charge is -2.35. The molecule has 21 heavy (non-hydrogen) atoms. The molecule has 0 saturated carbocycles. The molecule has 0 aliphatic carbocycles. The van der Waals surface area contributed by atoms with Crippen molar-refractivity contribution in [3.05, 3.63) is 11.9 Å². The molecule has 0 spiro atoms. The molecule has 1 aromatic rings. The smallest absolute Gasteiger partial charge is 0.135 e. The average molecular weight is 291 g/mol. The van der Waals surface area contributed by atoms with Gasteiger partial charge in [-0.15, -0.1) is 0 Å². The van der Waals surface area contributed by atoms with Crippen molar-refractivity contribution in [2.24, 2.45) is 0 Å². The molecule has 0 aromatic carbocycles. The molecule has 1 aromatic heterocycles. The van der Waals surface area contributed by atoms with Gasteiger partial charge >= 0.3 is 0 Å². The highest BCUT2D eigenvalue weighted by Gasteiger charge is 2.31. The summed E-state index contributed by atoms with van der Waals surface area (Å²) in [6, 6.07) is 2.43. The molecule has 2 aliphatic rings. The normalized spacial score (nSPS) is 26.0. The van der Waals surface area contributed by atoms with E-state index in [1.165, 1.54) is 19.4 Å². The molecule has 0 radical (unpaired) electrons. The molecule has 6 heteroatoms. The summed E-state index contributed by atoms with van der Waals surface area (Å²) in [7, 11) is 0. The highest BCUT2D eigenvalue weighted by Crippen LogP contribution is 2.23. The van der Waals surface area contributed by atoms with E-state index in [-0.39, 0.29) is 12.0 Å². The minimum Gasteiger partial charge on any atom is -0.384 e. The quantitative estimate of drug-likeness (QED) is 0.874. The molecule has 3 heterocycles. The molecule has 2 unspecified atom stereocenters. The fourth-order valence-electron chi connectivity index (χ4n) is 3.06. The Morgan fingerprint density at radius 3 is 3.14 bits per heavy atom. The van der Waals surface area contributed by atoms with E-state index in [9.17, 15) is 0 Å². The van der Waals surface area contributed by atoms with E-state index in [4.69, 9.17) is 10.5 Å². The van der Waals surface area contributed by atoms with Gasteiger partial charge in [-0.3, -0.25) is 4.90 Å². The maximum atomic E-state index is 5.94. The Kier molecular flexibility index (Phi) is 4.26. The van der Waals surface area contributed by atoms with Crippen LogP contribution in [-0.4, -0.2) is 53.3 Å². The highest BCUT2D eigenvalue weighted by atomic mass is 16.5. The summed E-state index contributed by atoms with van der Waals surface area (Å²) in [4.78, 5) is 11.3. The first-order valence-corrected chi connectivity index (χ1v) is 7.86. The van der Waals surface area contributed by atoms with Crippen molar-refractivity contribution in [3.8, 4) is 0 Å². The van der Waals surface area contributed by atoms with Crippen LogP contribution in [0.15, 0.2) is 6.07 Å². The second kappa shape index (κ2) is 6.15. The maximum Gasteiger partial charge on any atom is 0.135 e.